The van der Waals surface area contributed by atoms with Crippen molar-refractivity contribution in [3.05, 3.63) is 60.2 Å². The molecule has 160 valence electrons. The molecule has 7 nitrogen and oxygen atoms in total. The fraction of sp³-hybridized carbons (Fsp3) is 0.333. The first kappa shape index (κ1) is 20.8. The van der Waals surface area contributed by atoms with Gasteiger partial charge < -0.3 is 15.0 Å². The molecule has 0 aliphatic carbocycles. The van der Waals surface area contributed by atoms with Crippen molar-refractivity contribution in [1.29, 1.82) is 0 Å². The monoisotopic (exact) mass is 418 g/mol. The van der Waals surface area contributed by atoms with E-state index in [0.717, 1.165) is 11.3 Å². The van der Waals surface area contributed by atoms with Gasteiger partial charge in [0, 0.05) is 31.0 Å². The Hall–Kier alpha value is -3.48. The molecule has 4 rings (SSSR count). The largest absolute Gasteiger partial charge is 0.489 e. The Kier molecular flexibility index (Phi) is 5.84. The molecular weight excluding hydrogens is 392 g/mol. The molecule has 2 aliphatic rings. The topological polar surface area (TPSA) is 83.4 Å². The summed E-state index contributed by atoms with van der Waals surface area (Å²) in [6.07, 6.45) is 0.697. The van der Waals surface area contributed by atoms with E-state index in [0.29, 0.717) is 23.6 Å². The van der Waals surface area contributed by atoms with Crippen molar-refractivity contribution in [3.8, 4) is 5.75 Å². The summed E-state index contributed by atoms with van der Waals surface area (Å²) in [4.78, 5) is 27.4. The molecule has 0 bridgehead atoms. The van der Waals surface area contributed by atoms with E-state index in [4.69, 9.17) is 4.74 Å². The van der Waals surface area contributed by atoms with Crippen molar-refractivity contribution in [2.24, 2.45) is 22.0 Å². The second kappa shape index (κ2) is 8.71. The van der Waals surface area contributed by atoms with E-state index in [1.54, 1.807) is 13.1 Å². The first-order valence-electron chi connectivity index (χ1n) is 10.4. The van der Waals surface area contributed by atoms with Crippen LogP contribution in [0.1, 0.15) is 19.4 Å². The lowest BCUT2D eigenvalue weighted by Gasteiger charge is -2.27. The van der Waals surface area contributed by atoms with E-state index < -0.39 is 6.04 Å². The molecule has 2 aliphatic heterocycles. The number of nitrogens with one attached hydrogen (secondary N) is 1. The van der Waals surface area contributed by atoms with Crippen LogP contribution in [0, 0.1) is 11.8 Å². The molecular formula is C24H26N4O3. The number of fused-ring (bicyclic) bond motifs is 1. The first-order chi connectivity index (χ1) is 15.0. The van der Waals surface area contributed by atoms with Crippen LogP contribution >= 0.6 is 0 Å². The van der Waals surface area contributed by atoms with Gasteiger partial charge >= 0.3 is 0 Å². The highest BCUT2D eigenvalue weighted by Gasteiger charge is 2.35. The second-order valence-electron chi connectivity index (χ2n) is 8.02. The van der Waals surface area contributed by atoms with E-state index in [1.807, 2.05) is 43.3 Å². The van der Waals surface area contributed by atoms with Gasteiger partial charge in [0.05, 0.1) is 5.69 Å². The average Bonchev–Trinajstić information content (AvgIpc) is 2.90. The predicted molar refractivity (Wildman–Crippen MR) is 121 cm³/mol. The number of ether oxygens (including phenoxy) is 1. The molecule has 2 unspecified atom stereocenters. The number of rotatable bonds is 4. The van der Waals surface area contributed by atoms with Crippen LogP contribution in [-0.4, -0.2) is 42.9 Å². The van der Waals surface area contributed by atoms with Gasteiger partial charge in [-0.3, -0.25) is 9.59 Å². The number of carbonyl (C=O) groups is 2. The van der Waals surface area contributed by atoms with Crippen LogP contribution in [0.3, 0.4) is 0 Å². The van der Waals surface area contributed by atoms with Crippen LogP contribution in [0.2, 0.25) is 0 Å². The fourth-order valence-electron chi connectivity index (χ4n) is 3.87. The van der Waals surface area contributed by atoms with Gasteiger partial charge in [-0.05, 0) is 17.7 Å². The Labute approximate surface area is 181 Å². The minimum absolute atomic E-state index is 0.0612. The summed E-state index contributed by atoms with van der Waals surface area (Å²) in [6, 6.07) is 16.6. The van der Waals surface area contributed by atoms with Crippen LogP contribution in [0.5, 0.6) is 5.75 Å². The normalized spacial score (nSPS) is 23.1. The third-order valence-electron chi connectivity index (χ3n) is 6.02. The molecule has 31 heavy (non-hydrogen) atoms. The third-order valence-corrected chi connectivity index (χ3v) is 6.02. The number of carbonyl (C=O) groups excluding carboxylic acids is 2. The zero-order chi connectivity index (χ0) is 22.0. The molecule has 2 heterocycles. The number of likely N-dealkylation sites (N-methyl/N-ethyl adjacent to an activating group) is 1. The molecule has 0 fully saturated rings. The highest BCUT2D eigenvalue weighted by atomic mass is 16.5. The van der Waals surface area contributed by atoms with E-state index in [1.165, 1.54) is 4.90 Å². The van der Waals surface area contributed by atoms with Crippen molar-refractivity contribution in [1.82, 2.24) is 5.32 Å². The SMILES string of the molecule is CC1C(Cc2ccccc2)=NN=C(C(=O)N[C@H]2COc3ccccc3N(C)C2=O)C1C. The number of hydrogen-bond donors (Lipinski definition) is 1. The molecule has 3 atom stereocenters. The summed E-state index contributed by atoms with van der Waals surface area (Å²) in [7, 11) is 1.68. The third kappa shape index (κ3) is 4.21. The Morgan fingerprint density at radius 3 is 2.55 bits per heavy atom. The van der Waals surface area contributed by atoms with Gasteiger partial charge in [-0.25, -0.2) is 0 Å². The van der Waals surface area contributed by atoms with Crippen LogP contribution < -0.4 is 15.0 Å². The highest BCUT2D eigenvalue weighted by molar-refractivity contribution is 6.40. The number of hydrogen-bond acceptors (Lipinski definition) is 5. The first-order valence-corrected chi connectivity index (χ1v) is 10.4. The zero-order valence-electron chi connectivity index (χ0n) is 17.9. The predicted octanol–water partition coefficient (Wildman–Crippen LogP) is 2.85. The van der Waals surface area contributed by atoms with E-state index >= 15 is 0 Å². The zero-order valence-corrected chi connectivity index (χ0v) is 17.9. The summed E-state index contributed by atoms with van der Waals surface area (Å²) in [5.74, 6) is -0.0616. The molecule has 2 aromatic rings. The van der Waals surface area contributed by atoms with Crippen LogP contribution in [0.25, 0.3) is 0 Å². The summed E-state index contributed by atoms with van der Waals surface area (Å²) in [5, 5.41) is 11.4. The van der Waals surface area contributed by atoms with Crippen molar-refractivity contribution in [3.63, 3.8) is 0 Å². The smallest absolute Gasteiger partial charge is 0.268 e. The Bertz CT molecular complexity index is 1050. The molecule has 0 saturated carbocycles. The fourth-order valence-corrected chi connectivity index (χ4v) is 3.87. The molecule has 0 saturated heterocycles. The minimum Gasteiger partial charge on any atom is -0.489 e. The lowest BCUT2D eigenvalue weighted by Crippen LogP contribution is -2.52. The van der Waals surface area contributed by atoms with Gasteiger partial charge in [0.1, 0.15) is 24.1 Å². The molecule has 7 heteroatoms. The van der Waals surface area contributed by atoms with Crippen molar-refractivity contribution in [2.75, 3.05) is 18.6 Å². The molecule has 1 N–H and O–H groups in total. The molecule has 0 radical (unpaired) electrons. The summed E-state index contributed by atoms with van der Waals surface area (Å²) >= 11 is 0. The Morgan fingerprint density at radius 1 is 1.06 bits per heavy atom. The lowest BCUT2D eigenvalue weighted by atomic mass is 9.84. The highest BCUT2D eigenvalue weighted by Crippen LogP contribution is 2.30. The van der Waals surface area contributed by atoms with Crippen molar-refractivity contribution in [2.45, 2.75) is 26.3 Å². The molecule has 2 aromatic carbocycles. The Morgan fingerprint density at radius 2 is 1.77 bits per heavy atom. The van der Waals surface area contributed by atoms with Crippen molar-refractivity contribution < 1.29 is 14.3 Å². The second-order valence-corrected chi connectivity index (χ2v) is 8.02. The van der Waals surface area contributed by atoms with Gasteiger partial charge in [-0.2, -0.15) is 5.10 Å². The molecule has 2 amide bonds. The number of benzene rings is 2. The number of anilines is 1. The number of para-hydroxylation sites is 2. The summed E-state index contributed by atoms with van der Waals surface area (Å²) < 4.78 is 5.78. The van der Waals surface area contributed by atoms with Gasteiger partial charge in [0.25, 0.3) is 11.8 Å². The lowest BCUT2D eigenvalue weighted by molar-refractivity contribution is -0.125. The van der Waals surface area contributed by atoms with Crippen molar-refractivity contribution >= 4 is 28.9 Å². The summed E-state index contributed by atoms with van der Waals surface area (Å²) in [6.45, 7) is 4.08. The summed E-state index contributed by atoms with van der Waals surface area (Å²) in [5.41, 5.74) is 3.12. The van der Waals surface area contributed by atoms with Crippen LogP contribution in [-0.2, 0) is 16.0 Å². The van der Waals surface area contributed by atoms with Gasteiger partial charge in [0.2, 0.25) is 0 Å². The van der Waals surface area contributed by atoms with E-state index in [-0.39, 0.29) is 30.3 Å². The van der Waals surface area contributed by atoms with Gasteiger partial charge in [0.15, 0.2) is 0 Å². The maximum Gasteiger partial charge on any atom is 0.268 e. The van der Waals surface area contributed by atoms with Crippen LogP contribution in [0.15, 0.2) is 64.8 Å². The average molecular weight is 418 g/mol. The number of nitrogens with zero attached hydrogens (tertiary/aromatic N) is 3. The molecule has 0 aromatic heterocycles. The standard InChI is InChI=1S/C24H26N4O3/c1-15-16(2)22(27-26-18(15)13-17-9-5-4-6-10-17)23(29)25-19-14-31-21-12-8-7-11-20(21)28(3)24(19)30/h4-12,15-16,19H,13-14H2,1-3H3,(H,25,29)/t15?,16?,19-/m0/s1. The minimum atomic E-state index is -0.801. The Balaban J connectivity index is 1.49. The van der Waals surface area contributed by atoms with E-state index in [9.17, 15) is 9.59 Å². The number of amides is 2. The van der Waals surface area contributed by atoms with Gasteiger partial charge in [-0.1, -0.05) is 56.3 Å². The maximum atomic E-state index is 13.0. The molecule has 0 spiro atoms. The van der Waals surface area contributed by atoms with Gasteiger partial charge in [-0.15, -0.1) is 5.10 Å². The maximum absolute atomic E-state index is 13.0. The van der Waals surface area contributed by atoms with Crippen LogP contribution in [0.4, 0.5) is 5.69 Å². The van der Waals surface area contributed by atoms with E-state index in [2.05, 4.69) is 34.6 Å². The quantitative estimate of drug-likeness (QED) is 0.829.